The summed E-state index contributed by atoms with van der Waals surface area (Å²) in [5, 5.41) is 10.7. The number of aliphatic hydroxyl groups is 1. The maximum Gasteiger partial charge on any atom is 0.258 e. The first kappa shape index (κ1) is 15.3. The Bertz CT molecular complexity index is 625. The van der Waals surface area contributed by atoms with Crippen LogP contribution in [0.5, 0.6) is 5.75 Å². The van der Waals surface area contributed by atoms with Crippen LogP contribution in [0.25, 0.3) is 0 Å². The number of likely N-dealkylation sites (tertiary alicyclic amines) is 1. The highest BCUT2D eigenvalue weighted by Crippen LogP contribution is 2.47. The van der Waals surface area contributed by atoms with Gasteiger partial charge in [-0.05, 0) is 26.7 Å². The van der Waals surface area contributed by atoms with Gasteiger partial charge in [0.15, 0.2) is 0 Å². The van der Waals surface area contributed by atoms with Crippen LogP contribution in [-0.2, 0) is 4.79 Å². The van der Waals surface area contributed by atoms with E-state index in [-0.39, 0.29) is 5.91 Å². The summed E-state index contributed by atoms with van der Waals surface area (Å²) in [6, 6.07) is 1.13. The van der Waals surface area contributed by atoms with Crippen LogP contribution < -0.4 is 10.5 Å². The summed E-state index contributed by atoms with van der Waals surface area (Å²) in [5.41, 5.74) is 4.51. The number of piperidine rings is 1. The highest BCUT2D eigenvalue weighted by Gasteiger charge is 2.48. The van der Waals surface area contributed by atoms with Crippen LogP contribution in [-0.4, -0.2) is 40.1 Å². The van der Waals surface area contributed by atoms with Crippen molar-refractivity contribution >= 4 is 23.2 Å². The van der Waals surface area contributed by atoms with Gasteiger partial charge in [-0.25, -0.2) is 0 Å². The lowest BCUT2D eigenvalue weighted by Gasteiger charge is -2.46. The standard InChI is InChI=1S/C15H20N2O4S/c1-15(2)13(19)11(17-6-4-3-5-10(17)18)12-8(21-15)7-9(22-12)14(16)20/h7,11,13,19H,3-6H2,1-2H3,(H2,16,20)/t11-,13+/m1/s1. The van der Waals surface area contributed by atoms with Crippen LogP contribution in [0, 0.1) is 0 Å². The minimum atomic E-state index is -0.860. The SMILES string of the molecule is CC1(C)Oc2cc(C(N)=O)sc2[C@@H](N2CCCCC2=O)[C@@H]1O. The lowest BCUT2D eigenvalue weighted by atomic mass is 9.88. The van der Waals surface area contributed by atoms with Crippen LogP contribution in [0.1, 0.15) is 53.7 Å². The molecule has 1 fully saturated rings. The molecule has 2 amide bonds. The van der Waals surface area contributed by atoms with E-state index < -0.39 is 23.7 Å². The van der Waals surface area contributed by atoms with Gasteiger partial charge in [-0.3, -0.25) is 9.59 Å². The van der Waals surface area contributed by atoms with Gasteiger partial charge in [0.25, 0.3) is 5.91 Å². The molecule has 0 bridgehead atoms. The zero-order valence-electron chi connectivity index (χ0n) is 12.7. The van der Waals surface area contributed by atoms with Gasteiger partial charge < -0.3 is 20.5 Å². The van der Waals surface area contributed by atoms with Crippen molar-refractivity contribution in [2.45, 2.75) is 50.9 Å². The molecule has 0 spiro atoms. The highest BCUT2D eigenvalue weighted by molar-refractivity contribution is 7.14. The molecule has 120 valence electrons. The summed E-state index contributed by atoms with van der Waals surface area (Å²) in [4.78, 5) is 26.5. The molecule has 2 aliphatic rings. The number of rotatable bonds is 2. The molecule has 3 N–H and O–H groups in total. The monoisotopic (exact) mass is 324 g/mol. The van der Waals surface area contributed by atoms with Crippen molar-refractivity contribution in [3.05, 3.63) is 15.8 Å². The zero-order chi connectivity index (χ0) is 16.1. The molecule has 1 aromatic heterocycles. The number of hydrogen-bond donors (Lipinski definition) is 2. The highest BCUT2D eigenvalue weighted by atomic mass is 32.1. The predicted octanol–water partition coefficient (Wildman–Crippen LogP) is 1.43. The number of thiophene rings is 1. The molecule has 2 atom stereocenters. The van der Waals surface area contributed by atoms with E-state index in [1.54, 1.807) is 24.8 Å². The second-order valence-corrected chi connectivity index (χ2v) is 7.43. The Kier molecular flexibility index (Phi) is 3.65. The largest absolute Gasteiger partial charge is 0.484 e. The average Bonchev–Trinajstić information content (AvgIpc) is 2.84. The van der Waals surface area contributed by atoms with Crippen molar-refractivity contribution in [3.8, 4) is 5.75 Å². The van der Waals surface area contributed by atoms with Crippen LogP contribution in [0.4, 0.5) is 0 Å². The molecule has 7 heteroatoms. The normalized spacial score (nSPS) is 27.2. The molecule has 1 aromatic rings. The summed E-state index contributed by atoms with van der Waals surface area (Å²) in [5.74, 6) is 0.0458. The summed E-state index contributed by atoms with van der Waals surface area (Å²) in [6.07, 6.45) is 1.43. The van der Waals surface area contributed by atoms with Crippen molar-refractivity contribution in [3.63, 3.8) is 0 Å². The smallest absolute Gasteiger partial charge is 0.258 e. The Morgan fingerprint density at radius 2 is 2.23 bits per heavy atom. The average molecular weight is 324 g/mol. The van der Waals surface area contributed by atoms with E-state index in [2.05, 4.69) is 0 Å². The topological polar surface area (TPSA) is 92.9 Å². The summed E-state index contributed by atoms with van der Waals surface area (Å²) >= 11 is 1.20. The number of nitrogens with zero attached hydrogens (tertiary/aromatic N) is 1. The minimum Gasteiger partial charge on any atom is -0.484 e. The number of carbonyl (C=O) groups is 2. The van der Waals surface area contributed by atoms with Gasteiger partial charge in [0, 0.05) is 19.0 Å². The number of primary amides is 1. The molecular weight excluding hydrogens is 304 g/mol. The molecule has 3 heterocycles. The number of amides is 2. The Morgan fingerprint density at radius 3 is 2.86 bits per heavy atom. The van der Waals surface area contributed by atoms with E-state index in [9.17, 15) is 14.7 Å². The van der Waals surface area contributed by atoms with Crippen molar-refractivity contribution < 1.29 is 19.4 Å². The molecule has 22 heavy (non-hydrogen) atoms. The lowest BCUT2D eigenvalue weighted by molar-refractivity contribution is -0.146. The van der Waals surface area contributed by atoms with Crippen molar-refractivity contribution in [1.29, 1.82) is 0 Å². The molecule has 0 aliphatic carbocycles. The molecule has 3 rings (SSSR count). The third-order valence-electron chi connectivity index (χ3n) is 4.32. The van der Waals surface area contributed by atoms with E-state index in [4.69, 9.17) is 10.5 Å². The van der Waals surface area contributed by atoms with Gasteiger partial charge in [-0.1, -0.05) is 0 Å². The Morgan fingerprint density at radius 1 is 1.50 bits per heavy atom. The fourth-order valence-corrected chi connectivity index (χ4v) is 4.18. The van der Waals surface area contributed by atoms with Crippen LogP contribution >= 0.6 is 11.3 Å². The summed E-state index contributed by atoms with van der Waals surface area (Å²) in [6.45, 7) is 4.17. The van der Waals surface area contributed by atoms with Crippen molar-refractivity contribution in [1.82, 2.24) is 4.90 Å². The first-order valence-electron chi connectivity index (χ1n) is 7.41. The molecule has 0 aromatic carbocycles. The second kappa shape index (κ2) is 5.24. The van der Waals surface area contributed by atoms with E-state index in [1.807, 2.05) is 0 Å². The van der Waals surface area contributed by atoms with Crippen LogP contribution in [0.15, 0.2) is 6.07 Å². The van der Waals surface area contributed by atoms with Gasteiger partial charge in [-0.15, -0.1) is 11.3 Å². The van der Waals surface area contributed by atoms with Crippen LogP contribution in [0.2, 0.25) is 0 Å². The molecular formula is C15H20N2O4S. The Labute approximate surface area is 132 Å². The Hall–Kier alpha value is -1.60. The second-order valence-electron chi connectivity index (χ2n) is 6.34. The Balaban J connectivity index is 2.07. The van der Waals surface area contributed by atoms with Gasteiger partial charge in [0.05, 0.1) is 15.8 Å². The summed E-state index contributed by atoms with van der Waals surface area (Å²) in [7, 11) is 0. The van der Waals surface area contributed by atoms with Gasteiger partial charge in [-0.2, -0.15) is 0 Å². The quantitative estimate of drug-likeness (QED) is 0.861. The van der Waals surface area contributed by atoms with Crippen molar-refractivity contribution in [2.75, 3.05) is 6.54 Å². The predicted molar refractivity (Wildman–Crippen MR) is 81.9 cm³/mol. The number of carbonyl (C=O) groups excluding carboxylic acids is 2. The maximum atomic E-state index is 12.3. The fraction of sp³-hybridized carbons (Fsp3) is 0.600. The molecule has 0 unspecified atom stereocenters. The molecule has 0 saturated carbocycles. The first-order chi connectivity index (χ1) is 10.3. The maximum absolute atomic E-state index is 12.3. The van der Waals surface area contributed by atoms with Gasteiger partial charge in [0.1, 0.15) is 17.5 Å². The minimum absolute atomic E-state index is 0.0352. The number of ether oxygens (including phenoxy) is 1. The third-order valence-corrected chi connectivity index (χ3v) is 5.52. The van der Waals surface area contributed by atoms with Gasteiger partial charge in [0.2, 0.25) is 5.91 Å². The van der Waals surface area contributed by atoms with Crippen molar-refractivity contribution in [2.24, 2.45) is 5.73 Å². The first-order valence-corrected chi connectivity index (χ1v) is 8.23. The molecule has 6 nitrogen and oxygen atoms in total. The van der Waals surface area contributed by atoms with Gasteiger partial charge >= 0.3 is 0 Å². The number of fused-ring (bicyclic) bond motifs is 1. The zero-order valence-corrected chi connectivity index (χ0v) is 13.5. The number of hydrogen-bond acceptors (Lipinski definition) is 5. The number of aliphatic hydroxyl groups excluding tert-OH is 1. The fourth-order valence-electron chi connectivity index (χ4n) is 3.10. The summed E-state index contributed by atoms with van der Waals surface area (Å²) < 4.78 is 5.83. The van der Waals surface area contributed by atoms with E-state index >= 15 is 0 Å². The molecule has 0 radical (unpaired) electrons. The number of nitrogens with two attached hydrogens (primary N) is 1. The molecule has 2 aliphatic heterocycles. The van der Waals surface area contributed by atoms with E-state index in [0.29, 0.717) is 28.5 Å². The van der Waals surface area contributed by atoms with E-state index in [0.717, 1.165) is 12.8 Å². The third kappa shape index (κ3) is 2.38. The molecule has 1 saturated heterocycles. The lowest BCUT2D eigenvalue weighted by Crippen LogP contribution is -2.55. The van der Waals surface area contributed by atoms with E-state index in [1.165, 1.54) is 11.3 Å². The van der Waals surface area contributed by atoms with Crippen LogP contribution in [0.3, 0.4) is 0 Å².